The maximum Gasteiger partial charge on any atom is 0.270 e. The molecule has 4 heteroatoms. The number of nitrogens with one attached hydrogen (secondary N) is 1. The van der Waals surface area contributed by atoms with Crippen molar-refractivity contribution < 1.29 is 4.79 Å². The molecule has 0 atom stereocenters. The number of aromatic nitrogens is 1. The van der Waals surface area contributed by atoms with Crippen LogP contribution < -0.4 is 10.2 Å². The summed E-state index contributed by atoms with van der Waals surface area (Å²) in [6.45, 7) is 0.800. The highest BCUT2D eigenvalue weighted by Crippen LogP contribution is 2.20. The molecule has 108 valence electrons. The second kappa shape index (κ2) is 5.95. The molecule has 0 radical (unpaired) electrons. The predicted octanol–water partition coefficient (Wildman–Crippen LogP) is 2.61. The lowest BCUT2D eigenvalue weighted by Gasteiger charge is -2.19. The van der Waals surface area contributed by atoms with E-state index >= 15 is 0 Å². The van der Waals surface area contributed by atoms with Crippen LogP contribution in [0.2, 0.25) is 0 Å². The number of nitrogens with zero attached hydrogens (tertiary/aromatic N) is 2. The lowest BCUT2D eigenvalue weighted by atomic mass is 10.2. The molecule has 1 aliphatic carbocycles. The first-order chi connectivity index (χ1) is 10.2. The molecule has 1 fully saturated rings. The average molecular weight is 281 g/mol. The molecule has 1 aromatic carbocycles. The molecule has 0 saturated heterocycles. The van der Waals surface area contributed by atoms with Gasteiger partial charge in [-0.05, 0) is 30.5 Å². The van der Waals surface area contributed by atoms with Crippen molar-refractivity contribution >= 4 is 11.6 Å². The van der Waals surface area contributed by atoms with E-state index in [0.29, 0.717) is 11.7 Å². The van der Waals surface area contributed by atoms with E-state index in [1.165, 1.54) is 5.56 Å². The number of amides is 1. The molecule has 0 spiro atoms. The fourth-order valence-corrected chi connectivity index (χ4v) is 2.22. The zero-order valence-electron chi connectivity index (χ0n) is 12.1. The van der Waals surface area contributed by atoms with Crippen molar-refractivity contribution in [3.8, 4) is 0 Å². The Morgan fingerprint density at radius 3 is 2.76 bits per heavy atom. The van der Waals surface area contributed by atoms with E-state index in [1.54, 1.807) is 6.20 Å². The number of hydrogen-bond acceptors (Lipinski definition) is 3. The smallest absolute Gasteiger partial charge is 0.270 e. The summed E-state index contributed by atoms with van der Waals surface area (Å²) in [6.07, 6.45) is 3.86. The number of carbonyl (C=O) groups is 1. The normalized spacial score (nSPS) is 13.8. The van der Waals surface area contributed by atoms with Crippen LogP contribution in [0.5, 0.6) is 0 Å². The first-order valence-electron chi connectivity index (χ1n) is 7.24. The van der Waals surface area contributed by atoms with Gasteiger partial charge in [-0.15, -0.1) is 0 Å². The van der Waals surface area contributed by atoms with E-state index in [4.69, 9.17) is 0 Å². The van der Waals surface area contributed by atoms with Crippen LogP contribution in [0.3, 0.4) is 0 Å². The van der Waals surface area contributed by atoms with Gasteiger partial charge in [-0.3, -0.25) is 9.78 Å². The summed E-state index contributed by atoms with van der Waals surface area (Å²) in [5.41, 5.74) is 2.72. The first-order valence-corrected chi connectivity index (χ1v) is 7.24. The summed E-state index contributed by atoms with van der Waals surface area (Å²) >= 11 is 0. The van der Waals surface area contributed by atoms with Crippen LogP contribution in [0.25, 0.3) is 0 Å². The molecule has 3 rings (SSSR count). The monoisotopic (exact) mass is 281 g/mol. The summed E-state index contributed by atoms with van der Waals surface area (Å²) in [5, 5.41) is 2.97. The largest absolute Gasteiger partial charge is 0.370 e. The molecular formula is C17H19N3O. The molecule has 1 saturated carbocycles. The van der Waals surface area contributed by atoms with Crippen molar-refractivity contribution in [1.29, 1.82) is 0 Å². The Labute approximate surface area is 124 Å². The second-order valence-corrected chi connectivity index (χ2v) is 5.49. The minimum Gasteiger partial charge on any atom is -0.370 e. The lowest BCUT2D eigenvalue weighted by molar-refractivity contribution is 0.0946. The fourth-order valence-electron chi connectivity index (χ4n) is 2.22. The van der Waals surface area contributed by atoms with Crippen LogP contribution in [-0.2, 0) is 6.54 Å². The van der Waals surface area contributed by atoms with Gasteiger partial charge in [0.25, 0.3) is 5.91 Å². The van der Waals surface area contributed by atoms with Gasteiger partial charge >= 0.3 is 0 Å². The third-order valence-corrected chi connectivity index (χ3v) is 3.59. The Morgan fingerprint density at radius 2 is 2.05 bits per heavy atom. The third-order valence-electron chi connectivity index (χ3n) is 3.59. The van der Waals surface area contributed by atoms with Gasteiger partial charge in [0.05, 0.1) is 0 Å². The van der Waals surface area contributed by atoms with Gasteiger partial charge in [0.15, 0.2) is 0 Å². The van der Waals surface area contributed by atoms with Crippen LogP contribution in [0.15, 0.2) is 48.7 Å². The number of pyridine rings is 1. The lowest BCUT2D eigenvalue weighted by Crippen LogP contribution is -2.26. The van der Waals surface area contributed by atoms with Gasteiger partial charge in [-0.25, -0.2) is 0 Å². The SMILES string of the molecule is CN(Cc1ccccc1)c1ccnc(C(=O)NC2CC2)c1. The molecule has 4 nitrogen and oxygen atoms in total. The summed E-state index contributed by atoms with van der Waals surface area (Å²) < 4.78 is 0. The topological polar surface area (TPSA) is 45.2 Å². The van der Waals surface area contributed by atoms with Crippen LogP contribution in [0.1, 0.15) is 28.9 Å². The van der Waals surface area contributed by atoms with Crippen LogP contribution in [0, 0.1) is 0 Å². The molecule has 21 heavy (non-hydrogen) atoms. The number of rotatable bonds is 5. The summed E-state index contributed by atoms with van der Waals surface area (Å²) in [5.74, 6) is -0.0764. The molecule has 0 aliphatic heterocycles. The number of hydrogen-bond donors (Lipinski definition) is 1. The maximum atomic E-state index is 12.0. The van der Waals surface area contributed by atoms with Crippen molar-refractivity contribution in [3.63, 3.8) is 0 Å². The van der Waals surface area contributed by atoms with Crippen LogP contribution >= 0.6 is 0 Å². The molecular weight excluding hydrogens is 262 g/mol. The molecule has 0 bridgehead atoms. The molecule has 1 N–H and O–H groups in total. The van der Waals surface area contributed by atoms with Crippen LogP contribution in [-0.4, -0.2) is 24.0 Å². The van der Waals surface area contributed by atoms with Gasteiger partial charge in [-0.1, -0.05) is 30.3 Å². The van der Waals surface area contributed by atoms with Crippen molar-refractivity contribution in [2.75, 3.05) is 11.9 Å². The third kappa shape index (κ3) is 3.60. The van der Waals surface area contributed by atoms with Gasteiger partial charge < -0.3 is 10.2 Å². The van der Waals surface area contributed by atoms with Crippen molar-refractivity contribution in [3.05, 3.63) is 59.9 Å². The molecule has 1 aliphatic rings. The van der Waals surface area contributed by atoms with E-state index < -0.39 is 0 Å². The van der Waals surface area contributed by atoms with E-state index in [1.807, 2.05) is 37.4 Å². The highest BCUT2D eigenvalue weighted by Gasteiger charge is 2.24. The standard InChI is InChI=1S/C17H19N3O/c1-20(12-13-5-3-2-4-6-13)15-9-10-18-16(11-15)17(21)19-14-7-8-14/h2-6,9-11,14H,7-8,12H2,1H3,(H,19,21). The first kappa shape index (κ1) is 13.6. The molecule has 0 unspecified atom stereocenters. The van der Waals surface area contributed by atoms with E-state index in [-0.39, 0.29) is 5.91 Å². The van der Waals surface area contributed by atoms with Crippen molar-refractivity contribution in [2.45, 2.75) is 25.4 Å². The molecule has 1 heterocycles. The number of carbonyl (C=O) groups excluding carboxylic acids is 1. The number of anilines is 1. The molecule has 1 amide bonds. The predicted molar refractivity (Wildman–Crippen MR) is 83.3 cm³/mol. The van der Waals surface area contributed by atoms with Crippen molar-refractivity contribution in [1.82, 2.24) is 10.3 Å². The Morgan fingerprint density at radius 1 is 1.29 bits per heavy atom. The molecule has 2 aromatic rings. The quantitative estimate of drug-likeness (QED) is 0.916. The summed E-state index contributed by atoms with van der Waals surface area (Å²) in [6, 6.07) is 14.4. The average Bonchev–Trinajstić information content (AvgIpc) is 3.32. The van der Waals surface area contributed by atoms with Crippen LogP contribution in [0.4, 0.5) is 5.69 Å². The fraction of sp³-hybridized carbons (Fsp3) is 0.294. The number of benzene rings is 1. The second-order valence-electron chi connectivity index (χ2n) is 5.49. The Bertz CT molecular complexity index is 623. The van der Waals surface area contributed by atoms with Gasteiger partial charge in [0, 0.05) is 31.5 Å². The zero-order chi connectivity index (χ0) is 14.7. The Kier molecular flexibility index (Phi) is 3.86. The van der Waals surface area contributed by atoms with E-state index in [2.05, 4.69) is 27.3 Å². The van der Waals surface area contributed by atoms with Gasteiger partial charge in [-0.2, -0.15) is 0 Å². The minimum absolute atomic E-state index is 0.0764. The summed E-state index contributed by atoms with van der Waals surface area (Å²) in [4.78, 5) is 18.3. The van der Waals surface area contributed by atoms with Gasteiger partial charge in [0.2, 0.25) is 0 Å². The van der Waals surface area contributed by atoms with E-state index in [9.17, 15) is 4.79 Å². The summed E-state index contributed by atoms with van der Waals surface area (Å²) in [7, 11) is 2.02. The molecule has 1 aromatic heterocycles. The Hall–Kier alpha value is -2.36. The zero-order valence-corrected chi connectivity index (χ0v) is 12.1. The van der Waals surface area contributed by atoms with E-state index in [0.717, 1.165) is 25.1 Å². The highest BCUT2D eigenvalue weighted by molar-refractivity contribution is 5.93. The minimum atomic E-state index is -0.0764. The maximum absolute atomic E-state index is 12.0. The van der Waals surface area contributed by atoms with Gasteiger partial charge in [0.1, 0.15) is 5.69 Å². The highest BCUT2D eigenvalue weighted by atomic mass is 16.2. The Balaban J connectivity index is 1.70. The van der Waals surface area contributed by atoms with Crippen molar-refractivity contribution in [2.24, 2.45) is 0 Å².